The third kappa shape index (κ3) is 3.73. The number of nitro benzene ring substituents is 1. The van der Waals surface area contributed by atoms with E-state index in [9.17, 15) is 10.1 Å². The van der Waals surface area contributed by atoms with Gasteiger partial charge in [0.2, 0.25) is 0 Å². The molecule has 4 rings (SSSR count). The number of nitrogens with one attached hydrogen (secondary N) is 1. The molecule has 1 aliphatic rings. The van der Waals surface area contributed by atoms with E-state index in [1.165, 1.54) is 5.56 Å². The first kappa shape index (κ1) is 19.1. The molecule has 7 heteroatoms. The second-order valence-electron chi connectivity index (χ2n) is 7.32. The summed E-state index contributed by atoms with van der Waals surface area (Å²) in [6.45, 7) is 5.70. The van der Waals surface area contributed by atoms with Gasteiger partial charge in [-0.2, -0.15) is 0 Å². The van der Waals surface area contributed by atoms with Crippen LogP contribution in [0.3, 0.4) is 0 Å². The van der Waals surface area contributed by atoms with E-state index < -0.39 is 0 Å². The molecular formula is C22H22N4O2S. The molecule has 1 aliphatic heterocycles. The number of hydrogen-bond acceptors (Lipinski definition) is 3. The Kier molecular flexibility index (Phi) is 5.07. The van der Waals surface area contributed by atoms with Crippen molar-refractivity contribution in [2.24, 2.45) is 0 Å². The number of thiocarbonyl (C=S) groups is 1. The number of nitrogens with zero attached hydrogens (tertiary/aromatic N) is 3. The van der Waals surface area contributed by atoms with Crippen molar-refractivity contribution < 1.29 is 4.92 Å². The van der Waals surface area contributed by atoms with E-state index in [1.807, 2.05) is 18.2 Å². The lowest BCUT2D eigenvalue weighted by Gasteiger charge is -2.39. The molecule has 0 bridgehead atoms. The number of anilines is 1. The Morgan fingerprint density at radius 3 is 2.62 bits per heavy atom. The zero-order chi connectivity index (χ0) is 20.5. The second kappa shape index (κ2) is 7.67. The molecular weight excluding hydrogens is 384 g/mol. The zero-order valence-corrected chi connectivity index (χ0v) is 17.1. The summed E-state index contributed by atoms with van der Waals surface area (Å²) in [4.78, 5) is 12.8. The molecule has 1 atom stereocenters. The van der Waals surface area contributed by atoms with Gasteiger partial charge in [0.1, 0.15) is 0 Å². The van der Waals surface area contributed by atoms with E-state index in [1.54, 1.807) is 12.1 Å². The highest BCUT2D eigenvalue weighted by Gasteiger charge is 2.31. The lowest BCUT2D eigenvalue weighted by Crippen LogP contribution is -2.44. The lowest BCUT2D eigenvalue weighted by molar-refractivity contribution is -0.384. The van der Waals surface area contributed by atoms with E-state index in [-0.39, 0.29) is 16.7 Å². The van der Waals surface area contributed by atoms with Gasteiger partial charge < -0.3 is 14.8 Å². The largest absolute Gasteiger partial charge is 0.348 e. The van der Waals surface area contributed by atoms with E-state index in [2.05, 4.69) is 59.1 Å². The number of non-ortho nitro benzene ring substituents is 1. The summed E-state index contributed by atoms with van der Waals surface area (Å²) in [5, 5.41) is 15.1. The fraction of sp³-hybridized carbons (Fsp3) is 0.227. The van der Waals surface area contributed by atoms with Gasteiger partial charge in [0.05, 0.1) is 11.0 Å². The molecule has 0 saturated carbocycles. The molecule has 6 nitrogen and oxygen atoms in total. The molecule has 0 amide bonds. The van der Waals surface area contributed by atoms with Gasteiger partial charge in [-0.15, -0.1) is 0 Å². The normalized spacial score (nSPS) is 15.7. The molecule has 0 unspecified atom stereocenters. The molecule has 0 fully saturated rings. The van der Waals surface area contributed by atoms with Crippen molar-refractivity contribution in [1.29, 1.82) is 0 Å². The molecule has 1 aromatic heterocycles. The van der Waals surface area contributed by atoms with Crippen molar-refractivity contribution in [1.82, 2.24) is 9.47 Å². The highest BCUT2D eigenvalue weighted by atomic mass is 32.1. The standard InChI is InChI=1S/C22H22N4O2S/c1-15-5-6-16(2)19(14-15)23-22(29)25-13-12-24-11-3-4-20(24)21(25)17-7-9-18(10-8-17)26(27)28/h3-11,14,21H,12-13H2,1-2H3,(H,23,29)/t21-/m0/s1. The Morgan fingerprint density at radius 1 is 1.14 bits per heavy atom. The molecule has 0 aliphatic carbocycles. The fourth-order valence-electron chi connectivity index (χ4n) is 3.79. The van der Waals surface area contributed by atoms with Crippen LogP contribution < -0.4 is 5.32 Å². The van der Waals surface area contributed by atoms with Crippen LogP contribution in [0.2, 0.25) is 0 Å². The monoisotopic (exact) mass is 406 g/mol. The predicted octanol–water partition coefficient (Wildman–Crippen LogP) is 4.82. The van der Waals surface area contributed by atoms with Gasteiger partial charge in [-0.1, -0.05) is 12.1 Å². The van der Waals surface area contributed by atoms with E-state index in [0.717, 1.165) is 35.6 Å². The molecule has 2 aromatic carbocycles. The fourth-order valence-corrected chi connectivity index (χ4v) is 4.10. The number of aromatic nitrogens is 1. The predicted molar refractivity (Wildman–Crippen MR) is 118 cm³/mol. The van der Waals surface area contributed by atoms with Crippen LogP contribution in [0, 0.1) is 24.0 Å². The summed E-state index contributed by atoms with van der Waals surface area (Å²) in [5.41, 5.74) is 5.47. The van der Waals surface area contributed by atoms with Gasteiger partial charge in [-0.25, -0.2) is 0 Å². The minimum absolute atomic E-state index is 0.0857. The first-order chi connectivity index (χ1) is 13.9. The number of aryl methyl sites for hydroxylation is 2. The summed E-state index contributed by atoms with van der Waals surface area (Å²) >= 11 is 5.80. The maximum atomic E-state index is 11.0. The van der Waals surface area contributed by atoms with E-state index in [0.29, 0.717) is 5.11 Å². The minimum atomic E-state index is -0.377. The molecule has 29 heavy (non-hydrogen) atoms. The van der Waals surface area contributed by atoms with Crippen LogP contribution in [0.4, 0.5) is 11.4 Å². The SMILES string of the molecule is Cc1ccc(C)c(NC(=S)N2CCn3cccc3[C@@H]2c2ccc([N+](=O)[O-])cc2)c1. The number of rotatable bonds is 3. The van der Waals surface area contributed by atoms with Crippen molar-refractivity contribution >= 4 is 28.7 Å². The van der Waals surface area contributed by atoms with Crippen LogP contribution in [-0.2, 0) is 6.54 Å². The quantitative estimate of drug-likeness (QED) is 0.384. The first-order valence-corrected chi connectivity index (χ1v) is 9.89. The van der Waals surface area contributed by atoms with Crippen LogP contribution in [-0.4, -0.2) is 26.0 Å². The molecule has 1 N–H and O–H groups in total. The Balaban J connectivity index is 1.68. The van der Waals surface area contributed by atoms with Gasteiger partial charge in [-0.05, 0) is 73.1 Å². The van der Waals surface area contributed by atoms with Crippen molar-refractivity contribution in [2.75, 3.05) is 11.9 Å². The van der Waals surface area contributed by atoms with E-state index >= 15 is 0 Å². The third-order valence-corrected chi connectivity index (χ3v) is 5.69. The Labute approximate surface area is 174 Å². The second-order valence-corrected chi connectivity index (χ2v) is 7.71. The first-order valence-electron chi connectivity index (χ1n) is 9.48. The van der Waals surface area contributed by atoms with Crippen molar-refractivity contribution in [3.63, 3.8) is 0 Å². The zero-order valence-electron chi connectivity index (χ0n) is 16.3. The van der Waals surface area contributed by atoms with Crippen LogP contribution in [0.5, 0.6) is 0 Å². The Morgan fingerprint density at radius 2 is 1.90 bits per heavy atom. The van der Waals surface area contributed by atoms with Crippen molar-refractivity contribution in [3.05, 3.63) is 93.3 Å². The van der Waals surface area contributed by atoms with Gasteiger partial charge in [0.25, 0.3) is 5.69 Å². The summed E-state index contributed by atoms with van der Waals surface area (Å²) < 4.78 is 2.21. The number of nitro groups is 1. The van der Waals surface area contributed by atoms with Gasteiger partial charge >= 0.3 is 0 Å². The average Bonchev–Trinajstić information content (AvgIpc) is 3.19. The summed E-state index contributed by atoms with van der Waals surface area (Å²) in [7, 11) is 0. The molecule has 0 spiro atoms. The maximum absolute atomic E-state index is 11.0. The molecule has 0 radical (unpaired) electrons. The summed E-state index contributed by atoms with van der Waals surface area (Å²) in [5.74, 6) is 0. The Hall–Kier alpha value is -3.19. The topological polar surface area (TPSA) is 63.3 Å². The average molecular weight is 407 g/mol. The number of fused-ring (bicyclic) bond motifs is 1. The lowest BCUT2D eigenvalue weighted by atomic mass is 10.00. The maximum Gasteiger partial charge on any atom is 0.269 e. The highest BCUT2D eigenvalue weighted by Crippen LogP contribution is 2.34. The molecule has 148 valence electrons. The summed E-state index contributed by atoms with van der Waals surface area (Å²) in [6, 6.07) is 17.0. The number of benzene rings is 2. The molecule has 2 heterocycles. The van der Waals surface area contributed by atoms with Crippen LogP contribution in [0.1, 0.15) is 28.4 Å². The van der Waals surface area contributed by atoms with E-state index in [4.69, 9.17) is 12.2 Å². The molecule has 3 aromatic rings. The highest BCUT2D eigenvalue weighted by molar-refractivity contribution is 7.80. The van der Waals surface area contributed by atoms with Crippen molar-refractivity contribution in [3.8, 4) is 0 Å². The van der Waals surface area contributed by atoms with Crippen LogP contribution >= 0.6 is 12.2 Å². The third-order valence-electron chi connectivity index (χ3n) is 5.35. The van der Waals surface area contributed by atoms with Crippen LogP contribution in [0.15, 0.2) is 60.8 Å². The van der Waals surface area contributed by atoms with Crippen molar-refractivity contribution in [2.45, 2.75) is 26.4 Å². The van der Waals surface area contributed by atoms with Gasteiger partial charge in [0.15, 0.2) is 5.11 Å². The molecule has 0 saturated heterocycles. The number of hydrogen-bond donors (Lipinski definition) is 1. The Bertz CT molecular complexity index is 1070. The van der Waals surface area contributed by atoms with Gasteiger partial charge in [0, 0.05) is 42.8 Å². The smallest absolute Gasteiger partial charge is 0.269 e. The summed E-state index contributed by atoms with van der Waals surface area (Å²) in [6.07, 6.45) is 2.06. The van der Waals surface area contributed by atoms with Gasteiger partial charge in [-0.3, -0.25) is 10.1 Å². The van der Waals surface area contributed by atoms with Crippen LogP contribution in [0.25, 0.3) is 0 Å². The minimum Gasteiger partial charge on any atom is -0.348 e.